The van der Waals surface area contributed by atoms with E-state index >= 15 is 0 Å². The molecule has 0 N–H and O–H groups in total. The zero-order valence-corrected chi connectivity index (χ0v) is 14.3. The number of nitrogens with zero attached hydrogens (tertiary/aromatic N) is 2. The fourth-order valence-corrected chi connectivity index (χ4v) is 3.77. The molecule has 24 heavy (non-hydrogen) atoms. The van der Waals surface area contributed by atoms with Crippen LogP contribution >= 0.6 is 0 Å². The van der Waals surface area contributed by atoms with Crippen molar-refractivity contribution in [2.75, 3.05) is 6.54 Å². The summed E-state index contributed by atoms with van der Waals surface area (Å²) in [6.07, 6.45) is 1.50. The second kappa shape index (κ2) is 6.73. The summed E-state index contributed by atoms with van der Waals surface area (Å²) in [7, 11) is -3.71. The van der Waals surface area contributed by atoms with Crippen molar-refractivity contribution in [2.24, 2.45) is 4.40 Å². The van der Waals surface area contributed by atoms with Gasteiger partial charge in [0, 0.05) is 19.5 Å². The monoisotopic (exact) mass is 346 g/mol. The molecular formula is C18H19FN2O2S. The zero-order valence-electron chi connectivity index (χ0n) is 13.4. The van der Waals surface area contributed by atoms with Crippen LogP contribution in [0.15, 0.2) is 57.8 Å². The highest BCUT2D eigenvalue weighted by atomic mass is 32.2. The Kier molecular flexibility index (Phi) is 4.66. The standard InChI is InChI=1S/C18H19FN2O2S/c1-14-4-10-17(11-5-14)24(22,23)20-18-3-2-12-21(18)13-15-6-8-16(19)9-7-15/h4-11H,2-3,12-13H2,1H3/b20-18+. The summed E-state index contributed by atoms with van der Waals surface area (Å²) in [4.78, 5) is 2.15. The summed E-state index contributed by atoms with van der Waals surface area (Å²) in [5.74, 6) is 0.288. The van der Waals surface area contributed by atoms with Crippen LogP contribution in [0.25, 0.3) is 0 Å². The molecule has 1 fully saturated rings. The van der Waals surface area contributed by atoms with Crippen LogP contribution in [0.2, 0.25) is 0 Å². The van der Waals surface area contributed by atoms with Gasteiger partial charge in [-0.15, -0.1) is 4.40 Å². The van der Waals surface area contributed by atoms with Crippen molar-refractivity contribution in [3.05, 3.63) is 65.5 Å². The molecule has 6 heteroatoms. The molecule has 1 aliphatic rings. The lowest BCUT2D eigenvalue weighted by atomic mass is 10.2. The van der Waals surface area contributed by atoms with Crippen LogP contribution in [-0.4, -0.2) is 25.7 Å². The Bertz CT molecular complexity index is 844. The van der Waals surface area contributed by atoms with Crippen LogP contribution in [-0.2, 0) is 16.6 Å². The van der Waals surface area contributed by atoms with Crippen LogP contribution in [0.5, 0.6) is 0 Å². The third-order valence-electron chi connectivity index (χ3n) is 4.02. The predicted molar refractivity (Wildman–Crippen MR) is 91.8 cm³/mol. The molecule has 1 aliphatic heterocycles. The molecular weight excluding hydrogens is 327 g/mol. The Labute approximate surface area is 141 Å². The largest absolute Gasteiger partial charge is 0.355 e. The summed E-state index contributed by atoms with van der Waals surface area (Å²) < 4.78 is 42.0. The first-order chi connectivity index (χ1) is 11.4. The average Bonchev–Trinajstić information content (AvgIpc) is 2.96. The van der Waals surface area contributed by atoms with Gasteiger partial charge in [-0.2, -0.15) is 8.42 Å². The van der Waals surface area contributed by atoms with Crippen molar-refractivity contribution < 1.29 is 12.8 Å². The van der Waals surface area contributed by atoms with Gasteiger partial charge in [0.1, 0.15) is 11.7 Å². The maximum absolute atomic E-state index is 13.0. The van der Waals surface area contributed by atoms with Crippen LogP contribution < -0.4 is 0 Å². The highest BCUT2D eigenvalue weighted by Crippen LogP contribution is 2.20. The Morgan fingerprint density at radius 3 is 2.42 bits per heavy atom. The molecule has 4 nitrogen and oxygen atoms in total. The van der Waals surface area contributed by atoms with Crippen molar-refractivity contribution in [2.45, 2.75) is 31.2 Å². The molecule has 0 radical (unpaired) electrons. The van der Waals surface area contributed by atoms with Gasteiger partial charge in [0.05, 0.1) is 4.90 Å². The molecule has 0 atom stereocenters. The average molecular weight is 346 g/mol. The molecule has 0 aromatic heterocycles. The fourth-order valence-electron chi connectivity index (χ4n) is 2.70. The van der Waals surface area contributed by atoms with E-state index in [9.17, 15) is 12.8 Å². The van der Waals surface area contributed by atoms with Crippen LogP contribution in [0.3, 0.4) is 0 Å². The zero-order chi connectivity index (χ0) is 17.2. The lowest BCUT2D eigenvalue weighted by Crippen LogP contribution is -2.25. The topological polar surface area (TPSA) is 49.7 Å². The van der Waals surface area contributed by atoms with E-state index in [1.807, 2.05) is 11.8 Å². The van der Waals surface area contributed by atoms with E-state index in [4.69, 9.17) is 0 Å². The molecule has 1 heterocycles. The van der Waals surface area contributed by atoms with E-state index in [0.29, 0.717) is 18.8 Å². The number of hydrogen-bond acceptors (Lipinski definition) is 2. The molecule has 1 saturated heterocycles. The minimum Gasteiger partial charge on any atom is -0.355 e. The molecule has 0 aliphatic carbocycles. The number of likely N-dealkylation sites (tertiary alicyclic amines) is 1. The van der Waals surface area contributed by atoms with Crippen molar-refractivity contribution in [1.82, 2.24) is 4.90 Å². The Balaban J connectivity index is 1.82. The minimum absolute atomic E-state index is 0.203. The van der Waals surface area contributed by atoms with Crippen molar-refractivity contribution in [3.63, 3.8) is 0 Å². The van der Waals surface area contributed by atoms with Gasteiger partial charge in [-0.1, -0.05) is 29.8 Å². The summed E-state index contributed by atoms with van der Waals surface area (Å²) in [5, 5.41) is 0. The molecule has 0 saturated carbocycles. The van der Waals surface area contributed by atoms with Crippen molar-refractivity contribution in [1.29, 1.82) is 0 Å². The van der Waals surface area contributed by atoms with E-state index in [-0.39, 0.29) is 10.7 Å². The number of amidine groups is 1. The van der Waals surface area contributed by atoms with Gasteiger partial charge in [0.15, 0.2) is 0 Å². The Hall–Kier alpha value is -2.21. The number of aryl methyl sites for hydroxylation is 1. The molecule has 3 rings (SSSR count). The second-order valence-electron chi connectivity index (χ2n) is 5.95. The van der Waals surface area contributed by atoms with E-state index in [1.54, 1.807) is 36.4 Å². The van der Waals surface area contributed by atoms with Crippen molar-refractivity contribution >= 4 is 15.9 Å². The van der Waals surface area contributed by atoms with Crippen molar-refractivity contribution in [3.8, 4) is 0 Å². The predicted octanol–water partition coefficient (Wildman–Crippen LogP) is 3.52. The molecule has 2 aromatic rings. The molecule has 126 valence electrons. The molecule has 0 bridgehead atoms. The maximum atomic E-state index is 13.0. The molecule has 0 amide bonds. The normalized spacial score (nSPS) is 16.8. The van der Waals surface area contributed by atoms with E-state index in [0.717, 1.165) is 24.1 Å². The lowest BCUT2D eigenvalue weighted by Gasteiger charge is -2.18. The van der Waals surface area contributed by atoms with Gasteiger partial charge < -0.3 is 4.90 Å². The third-order valence-corrected chi connectivity index (χ3v) is 5.34. The highest BCUT2D eigenvalue weighted by molar-refractivity contribution is 7.90. The number of benzene rings is 2. The lowest BCUT2D eigenvalue weighted by molar-refractivity contribution is 0.448. The minimum atomic E-state index is -3.71. The quantitative estimate of drug-likeness (QED) is 0.851. The van der Waals surface area contributed by atoms with Crippen LogP contribution in [0.4, 0.5) is 4.39 Å². The fraction of sp³-hybridized carbons (Fsp3) is 0.278. The highest BCUT2D eigenvalue weighted by Gasteiger charge is 2.22. The van der Waals surface area contributed by atoms with E-state index in [2.05, 4.69) is 4.40 Å². The van der Waals surface area contributed by atoms with E-state index in [1.165, 1.54) is 12.1 Å². The maximum Gasteiger partial charge on any atom is 0.283 e. The molecule has 0 spiro atoms. The second-order valence-corrected chi connectivity index (χ2v) is 7.55. The van der Waals surface area contributed by atoms with Crippen LogP contribution in [0.1, 0.15) is 24.0 Å². The summed E-state index contributed by atoms with van der Waals surface area (Å²) in [5.41, 5.74) is 1.93. The number of rotatable bonds is 4. The summed E-state index contributed by atoms with van der Waals surface area (Å²) in [6, 6.07) is 12.9. The number of sulfonamides is 1. The molecule has 2 aromatic carbocycles. The Morgan fingerprint density at radius 2 is 1.75 bits per heavy atom. The van der Waals surface area contributed by atoms with E-state index < -0.39 is 10.0 Å². The number of halogens is 1. The van der Waals surface area contributed by atoms with Gasteiger partial charge in [0.2, 0.25) is 0 Å². The van der Waals surface area contributed by atoms with Gasteiger partial charge in [-0.05, 0) is 43.2 Å². The first-order valence-corrected chi connectivity index (χ1v) is 9.28. The summed E-state index contributed by atoms with van der Waals surface area (Å²) >= 11 is 0. The van der Waals surface area contributed by atoms with Crippen LogP contribution in [0, 0.1) is 12.7 Å². The number of hydrogen-bond donors (Lipinski definition) is 0. The van der Waals surface area contributed by atoms with Gasteiger partial charge in [0.25, 0.3) is 10.0 Å². The first kappa shape index (κ1) is 16.6. The summed E-state index contributed by atoms with van der Waals surface area (Å²) in [6.45, 7) is 3.19. The molecule has 0 unspecified atom stereocenters. The van der Waals surface area contributed by atoms with Gasteiger partial charge in [-0.25, -0.2) is 4.39 Å². The smallest absolute Gasteiger partial charge is 0.283 e. The van der Waals surface area contributed by atoms with Gasteiger partial charge in [-0.3, -0.25) is 0 Å². The third kappa shape index (κ3) is 3.82. The SMILES string of the molecule is Cc1ccc(S(=O)(=O)/N=C2\CCCN2Cc2ccc(F)cc2)cc1. The first-order valence-electron chi connectivity index (χ1n) is 7.84. The Morgan fingerprint density at radius 1 is 1.08 bits per heavy atom. The van der Waals surface area contributed by atoms with Gasteiger partial charge >= 0.3 is 0 Å².